The fraction of sp³-hybridized carbons (Fsp3) is 0.478. The third kappa shape index (κ3) is 4.53. The molecule has 0 bridgehead atoms. The highest BCUT2D eigenvalue weighted by molar-refractivity contribution is 8.00. The summed E-state index contributed by atoms with van der Waals surface area (Å²) in [5.74, 6) is 0.0157. The maximum Gasteiger partial charge on any atom is 0.235 e. The minimum atomic E-state index is -0.159. The molecule has 4 rings (SSSR count). The first-order valence-electron chi connectivity index (χ1n) is 10.6. The lowest BCUT2D eigenvalue weighted by molar-refractivity contribution is -0.113. The van der Waals surface area contributed by atoms with Gasteiger partial charge < -0.3 is 5.32 Å². The van der Waals surface area contributed by atoms with E-state index in [1.807, 2.05) is 6.07 Å². The van der Waals surface area contributed by atoms with Crippen molar-refractivity contribution in [3.8, 4) is 12.1 Å². The van der Waals surface area contributed by atoms with Gasteiger partial charge in [-0.25, -0.2) is 4.98 Å². The monoisotopic (exact) mass is 436 g/mol. The van der Waals surface area contributed by atoms with Gasteiger partial charge in [0.05, 0.1) is 16.9 Å². The number of hydrogen-bond acceptors (Lipinski definition) is 6. The van der Waals surface area contributed by atoms with Gasteiger partial charge in [-0.2, -0.15) is 10.5 Å². The predicted octanol–water partition coefficient (Wildman–Crippen LogP) is 5.16. The molecular weight excluding hydrogens is 412 g/mol. The maximum absolute atomic E-state index is 12.6. The van der Waals surface area contributed by atoms with Crippen molar-refractivity contribution < 1.29 is 4.79 Å². The van der Waals surface area contributed by atoms with Gasteiger partial charge in [0.1, 0.15) is 22.2 Å². The lowest BCUT2D eigenvalue weighted by Crippen LogP contribution is -2.14. The summed E-state index contributed by atoms with van der Waals surface area (Å²) in [5.41, 5.74) is 4.56. The van der Waals surface area contributed by atoms with Crippen LogP contribution in [-0.4, -0.2) is 16.6 Å². The van der Waals surface area contributed by atoms with Crippen LogP contribution in [0.1, 0.15) is 71.3 Å². The third-order valence-electron chi connectivity index (χ3n) is 5.76. The van der Waals surface area contributed by atoms with Gasteiger partial charge in [-0.3, -0.25) is 4.79 Å². The average Bonchev–Trinajstić information content (AvgIpc) is 2.93. The molecule has 2 aliphatic rings. The van der Waals surface area contributed by atoms with Gasteiger partial charge in [0.15, 0.2) is 0 Å². The summed E-state index contributed by atoms with van der Waals surface area (Å²) in [6, 6.07) is 6.50. The molecule has 2 aliphatic carbocycles. The Kier molecular flexibility index (Phi) is 6.72. The fourth-order valence-corrected chi connectivity index (χ4v) is 6.26. The van der Waals surface area contributed by atoms with Crippen molar-refractivity contribution >= 4 is 34.0 Å². The number of carbonyl (C=O) groups is 1. The predicted molar refractivity (Wildman–Crippen MR) is 120 cm³/mol. The highest BCUT2D eigenvalue weighted by atomic mass is 32.2. The molecule has 0 aromatic carbocycles. The maximum atomic E-state index is 12.6. The summed E-state index contributed by atoms with van der Waals surface area (Å²) >= 11 is 2.85. The number of pyridine rings is 1. The minimum absolute atomic E-state index is 0.159. The van der Waals surface area contributed by atoms with E-state index in [4.69, 9.17) is 4.98 Å². The molecule has 2 heterocycles. The molecule has 0 saturated carbocycles. The van der Waals surface area contributed by atoms with E-state index in [0.717, 1.165) is 62.6 Å². The van der Waals surface area contributed by atoms with Crippen molar-refractivity contribution in [2.75, 3.05) is 11.1 Å². The van der Waals surface area contributed by atoms with Crippen molar-refractivity contribution in [3.63, 3.8) is 0 Å². The number of carbonyl (C=O) groups excluding carboxylic acids is 1. The van der Waals surface area contributed by atoms with E-state index in [0.29, 0.717) is 21.2 Å². The summed E-state index contributed by atoms with van der Waals surface area (Å²) in [7, 11) is 0. The van der Waals surface area contributed by atoms with Gasteiger partial charge in [0.2, 0.25) is 5.91 Å². The Balaban J connectivity index is 1.47. The first-order valence-corrected chi connectivity index (χ1v) is 12.4. The number of anilines is 1. The number of nitrogens with one attached hydrogen (secondary N) is 1. The molecule has 0 unspecified atom stereocenters. The summed E-state index contributed by atoms with van der Waals surface area (Å²) in [5, 5.41) is 23.4. The Morgan fingerprint density at radius 2 is 1.83 bits per heavy atom. The van der Waals surface area contributed by atoms with Crippen molar-refractivity contribution in [1.29, 1.82) is 10.5 Å². The van der Waals surface area contributed by atoms with E-state index in [9.17, 15) is 15.3 Å². The molecule has 0 spiro atoms. The zero-order valence-corrected chi connectivity index (χ0v) is 18.6. The highest BCUT2D eigenvalue weighted by Gasteiger charge is 2.21. The quantitative estimate of drug-likeness (QED) is 0.528. The molecular formula is C23H24N4OS2. The van der Waals surface area contributed by atoms with Crippen molar-refractivity contribution in [3.05, 3.63) is 38.9 Å². The number of aryl methyl sites for hydroxylation is 3. The first kappa shape index (κ1) is 20.9. The SMILES string of the molecule is N#Cc1cc2c(nc1SCC(=O)Nc1sc3c(c1C#N)CCCCC3)CCCCC2. The molecule has 0 aliphatic heterocycles. The smallest absolute Gasteiger partial charge is 0.235 e. The van der Waals surface area contributed by atoms with Gasteiger partial charge in [-0.15, -0.1) is 11.3 Å². The summed E-state index contributed by atoms with van der Waals surface area (Å²) in [6.07, 6.45) is 10.7. The number of nitriles is 2. The summed E-state index contributed by atoms with van der Waals surface area (Å²) < 4.78 is 0. The zero-order chi connectivity index (χ0) is 20.9. The first-order chi connectivity index (χ1) is 14.7. The average molecular weight is 437 g/mol. The lowest BCUT2D eigenvalue weighted by Gasteiger charge is -2.10. The summed E-state index contributed by atoms with van der Waals surface area (Å²) in [4.78, 5) is 18.6. The van der Waals surface area contributed by atoms with Crippen molar-refractivity contribution in [2.45, 2.75) is 69.2 Å². The van der Waals surface area contributed by atoms with Crippen LogP contribution in [0.25, 0.3) is 0 Å². The van der Waals surface area contributed by atoms with Crippen LogP contribution in [0.15, 0.2) is 11.1 Å². The second kappa shape index (κ2) is 9.64. The van der Waals surface area contributed by atoms with Gasteiger partial charge in [0.25, 0.3) is 0 Å². The van der Waals surface area contributed by atoms with Gasteiger partial charge in [0, 0.05) is 10.6 Å². The Morgan fingerprint density at radius 1 is 1.07 bits per heavy atom. The van der Waals surface area contributed by atoms with Crippen LogP contribution >= 0.6 is 23.1 Å². The van der Waals surface area contributed by atoms with E-state index < -0.39 is 0 Å². The standard InChI is InChI=1S/C23H24N4OS2/c24-12-16-11-15-7-3-1-5-9-19(15)26-22(16)29-14-21(28)27-23-18(13-25)17-8-4-2-6-10-20(17)30-23/h11H,1-10,14H2,(H,27,28). The molecule has 154 valence electrons. The van der Waals surface area contributed by atoms with Crippen LogP contribution in [0.5, 0.6) is 0 Å². The second-order valence-electron chi connectivity index (χ2n) is 7.84. The normalized spacial score (nSPS) is 15.7. The number of aromatic nitrogens is 1. The van der Waals surface area contributed by atoms with E-state index in [1.165, 1.54) is 35.0 Å². The number of rotatable bonds is 4. The van der Waals surface area contributed by atoms with Gasteiger partial charge >= 0.3 is 0 Å². The van der Waals surface area contributed by atoms with Crippen LogP contribution < -0.4 is 5.32 Å². The lowest BCUT2D eigenvalue weighted by atomic mass is 10.1. The molecule has 7 heteroatoms. The molecule has 30 heavy (non-hydrogen) atoms. The van der Waals surface area contributed by atoms with Crippen LogP contribution in [-0.2, 0) is 30.5 Å². The molecule has 0 saturated heterocycles. The van der Waals surface area contributed by atoms with Gasteiger partial charge in [-0.05, 0) is 68.6 Å². The Hall–Kier alpha value is -2.35. The topological polar surface area (TPSA) is 89.6 Å². The van der Waals surface area contributed by atoms with Crippen LogP contribution in [0, 0.1) is 22.7 Å². The van der Waals surface area contributed by atoms with E-state index in [1.54, 1.807) is 11.3 Å². The fourth-order valence-electron chi connectivity index (χ4n) is 4.23. The summed E-state index contributed by atoms with van der Waals surface area (Å²) in [6.45, 7) is 0. The van der Waals surface area contributed by atoms with E-state index in [2.05, 4.69) is 17.5 Å². The largest absolute Gasteiger partial charge is 0.316 e. The third-order valence-corrected chi connectivity index (χ3v) is 7.96. The van der Waals surface area contributed by atoms with E-state index in [-0.39, 0.29) is 11.7 Å². The van der Waals surface area contributed by atoms with Crippen LogP contribution in [0.4, 0.5) is 5.00 Å². The van der Waals surface area contributed by atoms with Gasteiger partial charge in [-0.1, -0.05) is 24.6 Å². The molecule has 1 amide bonds. The number of hydrogen-bond donors (Lipinski definition) is 1. The molecule has 1 N–H and O–H groups in total. The van der Waals surface area contributed by atoms with Crippen molar-refractivity contribution in [1.82, 2.24) is 4.98 Å². The Labute approximate surface area is 185 Å². The number of nitrogens with zero attached hydrogens (tertiary/aromatic N) is 3. The highest BCUT2D eigenvalue weighted by Crippen LogP contribution is 2.37. The number of thiophene rings is 1. The minimum Gasteiger partial charge on any atom is -0.316 e. The molecule has 2 aromatic heterocycles. The van der Waals surface area contributed by atoms with Crippen LogP contribution in [0.2, 0.25) is 0 Å². The number of amides is 1. The molecule has 0 fully saturated rings. The number of thioether (sulfide) groups is 1. The second-order valence-corrected chi connectivity index (χ2v) is 9.91. The molecule has 5 nitrogen and oxygen atoms in total. The van der Waals surface area contributed by atoms with E-state index >= 15 is 0 Å². The molecule has 2 aromatic rings. The zero-order valence-electron chi connectivity index (χ0n) is 16.9. The van der Waals surface area contributed by atoms with Crippen molar-refractivity contribution in [2.24, 2.45) is 0 Å². The number of fused-ring (bicyclic) bond motifs is 2. The van der Waals surface area contributed by atoms with Crippen LogP contribution in [0.3, 0.4) is 0 Å². The molecule has 0 radical (unpaired) electrons. The Morgan fingerprint density at radius 3 is 2.63 bits per heavy atom. The Bertz CT molecular complexity index is 1040. The molecule has 0 atom stereocenters.